The van der Waals surface area contributed by atoms with Crippen LogP contribution in [0.2, 0.25) is 0 Å². The number of hydrogen-bond acceptors (Lipinski definition) is 4. The molecule has 1 unspecified atom stereocenters. The van der Waals surface area contributed by atoms with Gasteiger partial charge in [-0.05, 0) is 31.5 Å². The van der Waals surface area contributed by atoms with Crippen LogP contribution in [0.5, 0.6) is 11.5 Å². The van der Waals surface area contributed by atoms with E-state index < -0.39 is 0 Å². The fourth-order valence-electron chi connectivity index (χ4n) is 2.29. The van der Waals surface area contributed by atoms with E-state index in [2.05, 4.69) is 25.9 Å². The van der Waals surface area contributed by atoms with Crippen molar-refractivity contribution in [2.45, 2.75) is 32.0 Å². The first-order chi connectivity index (χ1) is 11.4. The molecule has 0 radical (unpaired) electrons. The molecule has 1 heterocycles. The molecule has 0 fully saturated rings. The number of aromatic nitrogens is 2. The van der Waals surface area contributed by atoms with Gasteiger partial charge in [0.15, 0.2) is 11.4 Å². The van der Waals surface area contributed by atoms with Gasteiger partial charge in [-0.3, -0.25) is 4.79 Å². The molecule has 0 N–H and O–H groups in total. The van der Waals surface area contributed by atoms with Gasteiger partial charge in [0.1, 0.15) is 11.4 Å². The Balaban J connectivity index is 2.59. The summed E-state index contributed by atoms with van der Waals surface area (Å²) in [6.45, 7) is 12.4. The maximum atomic E-state index is 11.8. The van der Waals surface area contributed by atoms with Gasteiger partial charge in [0.05, 0.1) is 23.2 Å². The van der Waals surface area contributed by atoms with Gasteiger partial charge in [-0.1, -0.05) is 22.9 Å². The molecule has 0 aliphatic carbocycles. The standard InChI is InChI=1S/C17H15BrN4O2/c1-5-15-17(16(10(2)18)21-22(15)11(3)23)24-14-7-12(9-19)6-13(8-14)20-4/h6-8,10H,5H2,1-3H3. The molecule has 24 heavy (non-hydrogen) atoms. The Hall–Kier alpha value is -2.64. The normalized spacial score (nSPS) is 11.4. The van der Waals surface area contributed by atoms with Crippen LogP contribution in [0.25, 0.3) is 4.85 Å². The molecule has 0 saturated heterocycles. The van der Waals surface area contributed by atoms with E-state index in [0.717, 1.165) is 0 Å². The smallest absolute Gasteiger partial charge is 0.244 e. The van der Waals surface area contributed by atoms with Gasteiger partial charge < -0.3 is 4.74 Å². The lowest BCUT2D eigenvalue weighted by atomic mass is 10.2. The zero-order chi connectivity index (χ0) is 17.9. The zero-order valence-corrected chi connectivity index (χ0v) is 15.1. The Labute approximate surface area is 148 Å². The number of carbonyl (C=O) groups excluding carboxylic acids is 1. The minimum absolute atomic E-state index is 0.127. The summed E-state index contributed by atoms with van der Waals surface area (Å²) in [5, 5.41) is 13.4. The molecule has 2 aromatic rings. The molecule has 0 bridgehead atoms. The fourth-order valence-corrected chi connectivity index (χ4v) is 2.59. The predicted octanol–water partition coefficient (Wildman–Crippen LogP) is 4.78. The molecule has 2 rings (SSSR count). The van der Waals surface area contributed by atoms with Gasteiger partial charge in [-0.25, -0.2) is 9.53 Å². The number of halogens is 1. The van der Waals surface area contributed by atoms with Crippen molar-refractivity contribution < 1.29 is 9.53 Å². The van der Waals surface area contributed by atoms with E-state index in [1.165, 1.54) is 17.7 Å². The van der Waals surface area contributed by atoms with Crippen LogP contribution >= 0.6 is 15.9 Å². The van der Waals surface area contributed by atoms with E-state index in [0.29, 0.717) is 40.6 Å². The third-order valence-corrected chi connectivity index (χ3v) is 3.77. The maximum Gasteiger partial charge on any atom is 0.244 e. The minimum atomic E-state index is -0.205. The molecule has 1 aromatic carbocycles. The second-order valence-corrected chi connectivity index (χ2v) is 6.48. The van der Waals surface area contributed by atoms with Crippen molar-refractivity contribution in [2.24, 2.45) is 0 Å². The third kappa shape index (κ3) is 3.47. The summed E-state index contributed by atoms with van der Waals surface area (Å²) in [5.41, 5.74) is 1.89. The molecule has 0 amide bonds. The van der Waals surface area contributed by atoms with Crippen LogP contribution in [0.1, 0.15) is 47.3 Å². The highest BCUT2D eigenvalue weighted by Gasteiger charge is 2.23. The van der Waals surface area contributed by atoms with E-state index in [9.17, 15) is 4.79 Å². The van der Waals surface area contributed by atoms with Crippen molar-refractivity contribution in [3.05, 3.63) is 46.6 Å². The molecule has 7 heteroatoms. The lowest BCUT2D eigenvalue weighted by molar-refractivity contribution is 0.0917. The molecular weight excluding hydrogens is 372 g/mol. The summed E-state index contributed by atoms with van der Waals surface area (Å²) in [6.07, 6.45) is 0.551. The van der Waals surface area contributed by atoms with Crippen LogP contribution in [-0.2, 0) is 6.42 Å². The molecular formula is C17H15BrN4O2. The quantitative estimate of drug-likeness (QED) is 0.559. The predicted molar refractivity (Wildman–Crippen MR) is 92.7 cm³/mol. The summed E-state index contributed by atoms with van der Waals surface area (Å²) in [5.74, 6) is 0.638. The minimum Gasteiger partial charge on any atom is -0.455 e. The van der Waals surface area contributed by atoms with Gasteiger partial charge in [0.2, 0.25) is 5.91 Å². The summed E-state index contributed by atoms with van der Waals surface area (Å²) < 4.78 is 7.27. The van der Waals surface area contributed by atoms with Crippen molar-refractivity contribution in [2.75, 3.05) is 0 Å². The second-order valence-electron chi connectivity index (χ2n) is 5.10. The van der Waals surface area contributed by atoms with E-state index in [-0.39, 0.29) is 10.7 Å². The number of alkyl halides is 1. The summed E-state index contributed by atoms with van der Waals surface area (Å²) in [7, 11) is 0. The highest BCUT2D eigenvalue weighted by atomic mass is 79.9. The van der Waals surface area contributed by atoms with E-state index in [4.69, 9.17) is 16.6 Å². The first-order valence-corrected chi connectivity index (χ1v) is 8.20. The van der Waals surface area contributed by atoms with Crippen LogP contribution < -0.4 is 4.74 Å². The Bertz CT molecular complexity index is 840. The highest BCUT2D eigenvalue weighted by Crippen LogP contribution is 2.37. The lowest BCUT2D eigenvalue weighted by Crippen LogP contribution is -2.11. The Morgan fingerprint density at radius 1 is 1.54 bits per heavy atom. The third-order valence-electron chi connectivity index (χ3n) is 3.34. The van der Waals surface area contributed by atoms with Crippen LogP contribution in [-0.4, -0.2) is 15.7 Å². The number of benzene rings is 1. The zero-order valence-electron chi connectivity index (χ0n) is 13.5. The maximum absolute atomic E-state index is 11.8. The number of hydrogen-bond donors (Lipinski definition) is 0. The molecule has 0 aliphatic rings. The van der Waals surface area contributed by atoms with Crippen LogP contribution in [0.3, 0.4) is 0 Å². The average molecular weight is 387 g/mol. The van der Waals surface area contributed by atoms with E-state index in [1.54, 1.807) is 12.1 Å². The lowest BCUT2D eigenvalue weighted by Gasteiger charge is -2.10. The molecule has 122 valence electrons. The molecule has 0 aliphatic heterocycles. The monoisotopic (exact) mass is 386 g/mol. The molecule has 0 saturated carbocycles. The van der Waals surface area contributed by atoms with Crippen molar-refractivity contribution >= 4 is 27.5 Å². The van der Waals surface area contributed by atoms with Gasteiger partial charge in [-0.15, -0.1) is 0 Å². The van der Waals surface area contributed by atoms with Crippen LogP contribution in [0.4, 0.5) is 5.69 Å². The number of nitriles is 1. The van der Waals surface area contributed by atoms with Gasteiger partial charge >= 0.3 is 0 Å². The van der Waals surface area contributed by atoms with Gasteiger partial charge in [0, 0.05) is 12.5 Å². The molecule has 1 atom stereocenters. The Morgan fingerprint density at radius 2 is 2.25 bits per heavy atom. The van der Waals surface area contributed by atoms with E-state index >= 15 is 0 Å². The van der Waals surface area contributed by atoms with Crippen LogP contribution in [0.15, 0.2) is 18.2 Å². The largest absolute Gasteiger partial charge is 0.455 e. The topological polar surface area (TPSA) is 72.3 Å². The fraction of sp³-hybridized carbons (Fsp3) is 0.294. The average Bonchev–Trinajstić information content (AvgIpc) is 2.93. The van der Waals surface area contributed by atoms with Crippen molar-refractivity contribution in [1.82, 2.24) is 9.78 Å². The highest BCUT2D eigenvalue weighted by molar-refractivity contribution is 9.09. The molecule has 6 nitrogen and oxygen atoms in total. The van der Waals surface area contributed by atoms with Crippen molar-refractivity contribution in [3.8, 4) is 17.6 Å². The summed E-state index contributed by atoms with van der Waals surface area (Å²) in [6, 6.07) is 6.62. The van der Waals surface area contributed by atoms with Gasteiger partial charge in [0.25, 0.3) is 0 Å². The number of rotatable bonds is 4. The van der Waals surface area contributed by atoms with Crippen LogP contribution in [0, 0.1) is 17.9 Å². The summed E-state index contributed by atoms with van der Waals surface area (Å²) >= 11 is 3.46. The van der Waals surface area contributed by atoms with Crippen molar-refractivity contribution in [3.63, 3.8) is 0 Å². The SMILES string of the molecule is [C-]#[N+]c1cc(C#N)cc(Oc2c(C(C)Br)nn(C(C)=O)c2CC)c1. The van der Waals surface area contributed by atoms with Crippen molar-refractivity contribution in [1.29, 1.82) is 5.26 Å². The molecule has 0 spiro atoms. The second kappa shape index (κ2) is 7.29. The Kier molecular flexibility index (Phi) is 5.38. The number of carbonyl (C=O) groups is 1. The van der Waals surface area contributed by atoms with Gasteiger partial charge in [-0.2, -0.15) is 10.4 Å². The summed E-state index contributed by atoms with van der Waals surface area (Å²) in [4.78, 5) is 15.0. The Morgan fingerprint density at radius 3 is 2.75 bits per heavy atom. The number of nitrogens with zero attached hydrogens (tertiary/aromatic N) is 4. The number of ether oxygens (including phenoxy) is 1. The first-order valence-electron chi connectivity index (χ1n) is 7.28. The molecule has 1 aromatic heterocycles. The first kappa shape index (κ1) is 17.7. The van der Waals surface area contributed by atoms with E-state index in [1.807, 2.05) is 19.9 Å².